The van der Waals surface area contributed by atoms with E-state index in [0.717, 1.165) is 24.1 Å². The molecule has 0 amide bonds. The maximum absolute atomic E-state index is 10.8. The summed E-state index contributed by atoms with van der Waals surface area (Å²) in [6, 6.07) is 5.14. The molecule has 5 nitrogen and oxygen atoms in total. The van der Waals surface area contributed by atoms with Gasteiger partial charge in [-0.05, 0) is 24.0 Å². The van der Waals surface area contributed by atoms with E-state index in [-0.39, 0.29) is 16.0 Å². The van der Waals surface area contributed by atoms with Gasteiger partial charge in [0.2, 0.25) is 0 Å². The minimum Gasteiger partial charge on any atom is -0.348 e. The van der Waals surface area contributed by atoms with Crippen LogP contribution in [0.5, 0.6) is 0 Å². The van der Waals surface area contributed by atoms with Gasteiger partial charge in [0, 0.05) is 29.4 Å². The second-order valence-corrected chi connectivity index (χ2v) is 5.09. The Morgan fingerprint density at radius 2 is 2.17 bits per heavy atom. The second-order valence-electron chi connectivity index (χ2n) is 5.09. The number of aromatic amines is 1. The first-order valence-corrected chi connectivity index (χ1v) is 5.83. The Labute approximate surface area is 104 Å². The molecule has 1 aromatic heterocycles. The van der Waals surface area contributed by atoms with Crippen LogP contribution in [0.25, 0.3) is 0 Å². The third-order valence-corrected chi connectivity index (χ3v) is 3.71. The summed E-state index contributed by atoms with van der Waals surface area (Å²) in [5, 5.41) is 10.8. The molecule has 5 heteroatoms. The van der Waals surface area contributed by atoms with Crippen molar-refractivity contribution in [2.75, 3.05) is 0 Å². The maximum Gasteiger partial charge on any atom is 0.269 e. The molecule has 0 aliphatic heterocycles. The molecule has 3 rings (SSSR count). The lowest BCUT2D eigenvalue weighted by atomic mass is 9.84. The molecule has 1 heterocycles. The number of rotatable bonds is 2. The molecule has 2 aromatic rings. The van der Waals surface area contributed by atoms with Gasteiger partial charge in [-0.15, -0.1) is 0 Å². The molecular formula is C13H13N3O2. The number of benzene rings is 1. The first-order valence-electron chi connectivity index (χ1n) is 5.83. The van der Waals surface area contributed by atoms with E-state index in [9.17, 15) is 10.1 Å². The number of non-ortho nitro benzene ring substituents is 1. The number of nitro benzene ring substituents is 1. The normalized spacial score (nSPS) is 21.8. The van der Waals surface area contributed by atoms with E-state index in [4.69, 9.17) is 0 Å². The molecule has 92 valence electrons. The highest BCUT2D eigenvalue weighted by Crippen LogP contribution is 2.39. The largest absolute Gasteiger partial charge is 0.348 e. The van der Waals surface area contributed by atoms with Crippen LogP contribution in [0.1, 0.15) is 23.7 Å². The Hall–Kier alpha value is -2.17. The fraction of sp³-hybridized carbons (Fsp3) is 0.308. The van der Waals surface area contributed by atoms with E-state index in [1.807, 2.05) is 12.3 Å². The summed E-state index contributed by atoms with van der Waals surface area (Å²) in [6.07, 6.45) is 5.21. The van der Waals surface area contributed by atoms with Gasteiger partial charge >= 0.3 is 0 Å². The first kappa shape index (κ1) is 11.0. The van der Waals surface area contributed by atoms with Gasteiger partial charge in [-0.2, -0.15) is 0 Å². The topological polar surface area (TPSA) is 71.8 Å². The first-order chi connectivity index (χ1) is 8.58. The minimum absolute atomic E-state index is 0.0337. The number of nitrogens with one attached hydrogen (secondary N) is 1. The number of fused-ring (bicyclic) bond motifs is 1. The Morgan fingerprint density at radius 3 is 2.83 bits per heavy atom. The van der Waals surface area contributed by atoms with Gasteiger partial charge in [-0.1, -0.05) is 13.0 Å². The highest BCUT2D eigenvalue weighted by molar-refractivity contribution is 5.46. The van der Waals surface area contributed by atoms with Crippen LogP contribution in [-0.2, 0) is 18.3 Å². The van der Waals surface area contributed by atoms with Crippen LogP contribution in [0, 0.1) is 10.1 Å². The number of hydrogen-bond acceptors (Lipinski definition) is 3. The monoisotopic (exact) mass is 243 g/mol. The average Bonchev–Trinajstić information content (AvgIpc) is 2.94. The molecule has 1 aliphatic carbocycles. The van der Waals surface area contributed by atoms with E-state index in [1.54, 1.807) is 18.5 Å². The molecule has 0 bridgehead atoms. The molecule has 1 atom stereocenters. The minimum atomic E-state index is -0.341. The van der Waals surface area contributed by atoms with Crippen LogP contribution < -0.4 is 0 Å². The van der Waals surface area contributed by atoms with Crippen molar-refractivity contribution in [2.24, 2.45) is 0 Å². The molecule has 18 heavy (non-hydrogen) atoms. The number of nitrogens with zero attached hydrogens (tertiary/aromatic N) is 2. The van der Waals surface area contributed by atoms with Crippen molar-refractivity contribution in [3.8, 4) is 0 Å². The maximum atomic E-state index is 10.8. The fourth-order valence-corrected chi connectivity index (χ4v) is 2.74. The summed E-state index contributed by atoms with van der Waals surface area (Å²) in [5.41, 5.74) is 3.48. The highest BCUT2D eigenvalue weighted by atomic mass is 16.6. The van der Waals surface area contributed by atoms with E-state index < -0.39 is 0 Å². The van der Waals surface area contributed by atoms with Crippen LogP contribution in [0.2, 0.25) is 0 Å². The van der Waals surface area contributed by atoms with Gasteiger partial charge < -0.3 is 4.98 Å². The van der Waals surface area contributed by atoms with Crippen LogP contribution in [0.3, 0.4) is 0 Å². The quantitative estimate of drug-likeness (QED) is 0.650. The predicted molar refractivity (Wildman–Crippen MR) is 66.4 cm³/mol. The Balaban J connectivity index is 1.98. The molecule has 0 saturated heterocycles. The predicted octanol–water partition coefficient (Wildman–Crippen LogP) is 2.37. The summed E-state index contributed by atoms with van der Waals surface area (Å²) in [5.74, 6) is 0. The van der Waals surface area contributed by atoms with Gasteiger partial charge in [0.1, 0.15) is 0 Å². The second kappa shape index (κ2) is 3.66. The zero-order chi connectivity index (χ0) is 12.8. The molecule has 0 radical (unpaired) electrons. The number of aromatic nitrogens is 2. The van der Waals surface area contributed by atoms with Crippen LogP contribution >= 0.6 is 0 Å². The molecule has 0 fully saturated rings. The lowest BCUT2D eigenvalue weighted by molar-refractivity contribution is -0.384. The van der Waals surface area contributed by atoms with E-state index in [1.165, 1.54) is 5.56 Å². The van der Waals surface area contributed by atoms with Crippen molar-refractivity contribution in [1.29, 1.82) is 0 Å². The standard InChI is InChI=1S/C13H13N3O2/c1-13(12-7-14-8-15-12)5-9-2-3-11(16(17)18)4-10(9)6-13/h2-4,7-8H,5-6H2,1H3,(H,14,15). The lowest BCUT2D eigenvalue weighted by Gasteiger charge is -2.21. The van der Waals surface area contributed by atoms with Gasteiger partial charge in [-0.25, -0.2) is 4.98 Å². The van der Waals surface area contributed by atoms with Crippen molar-refractivity contribution in [3.63, 3.8) is 0 Å². The van der Waals surface area contributed by atoms with E-state index in [0.29, 0.717) is 0 Å². The summed E-state index contributed by atoms with van der Waals surface area (Å²) in [6.45, 7) is 2.16. The molecule has 1 aromatic carbocycles. The van der Waals surface area contributed by atoms with Crippen molar-refractivity contribution in [2.45, 2.75) is 25.2 Å². The van der Waals surface area contributed by atoms with E-state index >= 15 is 0 Å². The summed E-state index contributed by atoms with van der Waals surface area (Å²) in [4.78, 5) is 17.6. The summed E-state index contributed by atoms with van der Waals surface area (Å²) in [7, 11) is 0. The number of nitro groups is 1. The molecular weight excluding hydrogens is 230 g/mol. The molecule has 0 saturated carbocycles. The third kappa shape index (κ3) is 1.59. The third-order valence-electron chi connectivity index (χ3n) is 3.71. The van der Waals surface area contributed by atoms with Gasteiger partial charge in [0.25, 0.3) is 5.69 Å². The lowest BCUT2D eigenvalue weighted by Crippen LogP contribution is -2.22. The molecule has 1 aliphatic rings. The van der Waals surface area contributed by atoms with Gasteiger partial charge in [0.05, 0.1) is 11.3 Å². The SMILES string of the molecule is CC1(c2cnc[nH]2)Cc2ccc([N+](=O)[O-])cc2C1. The van der Waals surface area contributed by atoms with Crippen molar-refractivity contribution in [3.05, 3.63) is 57.7 Å². The number of hydrogen-bond donors (Lipinski definition) is 1. The Bertz CT molecular complexity index is 607. The smallest absolute Gasteiger partial charge is 0.269 e. The van der Waals surface area contributed by atoms with Gasteiger partial charge in [0.15, 0.2) is 0 Å². The van der Waals surface area contributed by atoms with Crippen LogP contribution in [0.15, 0.2) is 30.7 Å². The zero-order valence-electron chi connectivity index (χ0n) is 10.0. The molecule has 1 N–H and O–H groups in total. The zero-order valence-corrected chi connectivity index (χ0v) is 10.0. The highest BCUT2D eigenvalue weighted by Gasteiger charge is 2.36. The van der Waals surface area contributed by atoms with Crippen molar-refractivity contribution < 1.29 is 4.92 Å². The average molecular weight is 243 g/mol. The number of imidazole rings is 1. The number of H-pyrrole nitrogens is 1. The van der Waals surface area contributed by atoms with Crippen LogP contribution in [-0.4, -0.2) is 14.9 Å². The molecule has 1 unspecified atom stereocenters. The fourth-order valence-electron chi connectivity index (χ4n) is 2.74. The Kier molecular flexibility index (Phi) is 2.23. The summed E-state index contributed by atoms with van der Waals surface area (Å²) >= 11 is 0. The van der Waals surface area contributed by atoms with Crippen LogP contribution in [0.4, 0.5) is 5.69 Å². The van der Waals surface area contributed by atoms with Crippen molar-refractivity contribution in [1.82, 2.24) is 9.97 Å². The summed E-state index contributed by atoms with van der Waals surface area (Å²) < 4.78 is 0. The van der Waals surface area contributed by atoms with Crippen molar-refractivity contribution >= 4 is 5.69 Å². The molecule has 0 spiro atoms. The van der Waals surface area contributed by atoms with E-state index in [2.05, 4.69) is 16.9 Å². The van der Waals surface area contributed by atoms with Gasteiger partial charge in [-0.3, -0.25) is 10.1 Å². The Morgan fingerprint density at radius 1 is 1.39 bits per heavy atom.